The monoisotopic (exact) mass is 304 g/mol. The normalized spacial score (nSPS) is 10.7. The van der Waals surface area contributed by atoms with Crippen molar-refractivity contribution in [1.29, 1.82) is 0 Å². The molecule has 21 heavy (non-hydrogen) atoms. The van der Waals surface area contributed by atoms with Gasteiger partial charge in [0.2, 0.25) is 5.13 Å². The first-order valence-corrected chi connectivity index (χ1v) is 7.73. The molecular formula is C15H20N4OS. The van der Waals surface area contributed by atoms with Crippen LogP contribution in [0.25, 0.3) is 0 Å². The van der Waals surface area contributed by atoms with Gasteiger partial charge in [-0.2, -0.15) is 0 Å². The van der Waals surface area contributed by atoms with Crippen LogP contribution in [-0.2, 0) is 6.42 Å². The van der Waals surface area contributed by atoms with E-state index >= 15 is 0 Å². The maximum Gasteiger partial charge on any atom is 0.257 e. The van der Waals surface area contributed by atoms with Gasteiger partial charge in [0.25, 0.3) is 5.91 Å². The molecule has 5 nitrogen and oxygen atoms in total. The van der Waals surface area contributed by atoms with Crippen LogP contribution in [0.5, 0.6) is 0 Å². The third kappa shape index (κ3) is 4.01. The molecule has 6 heteroatoms. The second kappa shape index (κ2) is 6.67. The summed E-state index contributed by atoms with van der Waals surface area (Å²) < 4.78 is 0. The molecule has 2 rings (SSSR count). The maximum atomic E-state index is 12.2. The van der Waals surface area contributed by atoms with Crippen LogP contribution in [0.2, 0.25) is 0 Å². The minimum absolute atomic E-state index is 0.159. The van der Waals surface area contributed by atoms with Gasteiger partial charge in [-0.3, -0.25) is 10.1 Å². The van der Waals surface area contributed by atoms with Crippen LogP contribution in [0.15, 0.2) is 18.2 Å². The highest BCUT2D eigenvalue weighted by Gasteiger charge is 2.12. The Morgan fingerprint density at radius 2 is 2.10 bits per heavy atom. The van der Waals surface area contributed by atoms with Gasteiger partial charge in [0, 0.05) is 24.7 Å². The van der Waals surface area contributed by atoms with Gasteiger partial charge >= 0.3 is 0 Å². The minimum Gasteiger partial charge on any atom is -0.388 e. The number of carbonyl (C=O) groups excluding carboxylic acids is 1. The summed E-state index contributed by atoms with van der Waals surface area (Å²) in [5.74, 6) is 0.367. The molecule has 0 bridgehead atoms. The van der Waals surface area contributed by atoms with Gasteiger partial charge in [0.1, 0.15) is 5.01 Å². The Morgan fingerprint density at radius 3 is 2.71 bits per heavy atom. The zero-order valence-corrected chi connectivity index (χ0v) is 13.5. The molecule has 112 valence electrons. The van der Waals surface area contributed by atoms with Gasteiger partial charge < -0.3 is 5.32 Å². The highest BCUT2D eigenvalue weighted by molar-refractivity contribution is 7.15. The van der Waals surface area contributed by atoms with Crippen LogP contribution in [0, 0.1) is 12.8 Å². The Bertz CT molecular complexity index is 636. The molecule has 2 aromatic rings. The highest BCUT2D eigenvalue weighted by atomic mass is 32.1. The van der Waals surface area contributed by atoms with Gasteiger partial charge in [-0.25, -0.2) is 0 Å². The fraction of sp³-hybridized carbons (Fsp3) is 0.400. The van der Waals surface area contributed by atoms with E-state index in [4.69, 9.17) is 0 Å². The molecular weight excluding hydrogens is 284 g/mol. The molecule has 0 radical (unpaired) electrons. The van der Waals surface area contributed by atoms with E-state index in [1.807, 2.05) is 26.1 Å². The quantitative estimate of drug-likeness (QED) is 0.889. The number of hydrogen-bond donors (Lipinski definition) is 2. The largest absolute Gasteiger partial charge is 0.388 e. The van der Waals surface area contributed by atoms with E-state index < -0.39 is 0 Å². The smallest absolute Gasteiger partial charge is 0.257 e. The van der Waals surface area contributed by atoms with Crippen molar-refractivity contribution in [3.05, 3.63) is 34.3 Å². The van der Waals surface area contributed by atoms with Crippen LogP contribution in [0.4, 0.5) is 10.8 Å². The Kier molecular flexibility index (Phi) is 4.90. The molecule has 1 aromatic heterocycles. The zero-order valence-electron chi connectivity index (χ0n) is 12.7. The highest BCUT2D eigenvalue weighted by Crippen LogP contribution is 2.20. The first-order valence-electron chi connectivity index (χ1n) is 6.91. The van der Waals surface area contributed by atoms with Gasteiger partial charge in [0.15, 0.2) is 0 Å². The summed E-state index contributed by atoms with van der Waals surface area (Å²) in [6.07, 6.45) is 0.878. The van der Waals surface area contributed by atoms with Crippen LogP contribution in [0.3, 0.4) is 0 Å². The predicted molar refractivity (Wildman–Crippen MR) is 87.1 cm³/mol. The van der Waals surface area contributed by atoms with Crippen molar-refractivity contribution in [2.75, 3.05) is 17.7 Å². The fourth-order valence-corrected chi connectivity index (χ4v) is 2.94. The molecule has 0 aliphatic heterocycles. The van der Waals surface area contributed by atoms with Gasteiger partial charge in [-0.1, -0.05) is 25.2 Å². The fourth-order valence-electron chi connectivity index (χ4n) is 1.99. The molecule has 1 aromatic carbocycles. The molecule has 1 heterocycles. The lowest BCUT2D eigenvalue weighted by molar-refractivity contribution is 0.102. The molecule has 1 amide bonds. The van der Waals surface area contributed by atoms with Crippen LogP contribution in [-0.4, -0.2) is 23.2 Å². The number of carbonyl (C=O) groups is 1. The maximum absolute atomic E-state index is 12.2. The second-order valence-electron chi connectivity index (χ2n) is 5.33. The minimum atomic E-state index is -0.159. The summed E-state index contributed by atoms with van der Waals surface area (Å²) in [7, 11) is 1.86. The molecule has 2 N–H and O–H groups in total. The van der Waals surface area contributed by atoms with Crippen molar-refractivity contribution in [3.63, 3.8) is 0 Å². The lowest BCUT2D eigenvalue weighted by Crippen LogP contribution is -2.12. The Balaban J connectivity index is 2.07. The van der Waals surface area contributed by atoms with E-state index in [2.05, 4.69) is 34.7 Å². The van der Waals surface area contributed by atoms with E-state index in [0.717, 1.165) is 22.7 Å². The summed E-state index contributed by atoms with van der Waals surface area (Å²) >= 11 is 1.43. The third-order valence-corrected chi connectivity index (χ3v) is 3.89. The number of anilines is 2. The number of nitrogens with one attached hydrogen (secondary N) is 2. The average molecular weight is 304 g/mol. The van der Waals surface area contributed by atoms with E-state index in [1.165, 1.54) is 11.3 Å². The Labute approximate surface area is 128 Å². The van der Waals surface area contributed by atoms with Crippen molar-refractivity contribution >= 4 is 28.1 Å². The Hall–Kier alpha value is -1.95. The predicted octanol–water partition coefficient (Wildman–Crippen LogP) is 3.34. The average Bonchev–Trinajstić information content (AvgIpc) is 2.84. The molecule has 0 saturated heterocycles. The zero-order chi connectivity index (χ0) is 15.4. The number of aromatic nitrogens is 2. The topological polar surface area (TPSA) is 66.9 Å². The SMILES string of the molecule is CNc1ccc(C(=O)Nc2nnc(CC(C)C)s2)cc1C. The lowest BCUT2D eigenvalue weighted by atomic mass is 10.1. The molecule has 0 atom stereocenters. The van der Waals surface area contributed by atoms with Crippen molar-refractivity contribution in [2.45, 2.75) is 27.2 Å². The molecule has 0 aliphatic carbocycles. The number of rotatable bonds is 5. The van der Waals surface area contributed by atoms with Gasteiger partial charge in [-0.15, -0.1) is 10.2 Å². The molecule has 0 unspecified atom stereocenters. The van der Waals surface area contributed by atoms with Crippen molar-refractivity contribution in [1.82, 2.24) is 10.2 Å². The number of nitrogens with zero attached hydrogens (tertiary/aromatic N) is 2. The van der Waals surface area contributed by atoms with E-state index in [9.17, 15) is 4.79 Å². The van der Waals surface area contributed by atoms with Crippen molar-refractivity contribution in [3.8, 4) is 0 Å². The number of benzene rings is 1. The summed E-state index contributed by atoms with van der Waals surface area (Å²) in [4.78, 5) is 12.2. The van der Waals surface area contributed by atoms with Crippen LogP contribution < -0.4 is 10.6 Å². The number of hydrogen-bond acceptors (Lipinski definition) is 5. The lowest BCUT2D eigenvalue weighted by Gasteiger charge is -2.07. The molecule has 0 spiro atoms. The van der Waals surface area contributed by atoms with Crippen molar-refractivity contribution in [2.24, 2.45) is 5.92 Å². The number of aryl methyl sites for hydroxylation is 1. The first-order chi connectivity index (χ1) is 9.99. The van der Waals surface area contributed by atoms with E-state index in [1.54, 1.807) is 6.07 Å². The molecule has 0 aliphatic rings. The third-order valence-electron chi connectivity index (χ3n) is 3.03. The van der Waals surface area contributed by atoms with Gasteiger partial charge in [0.05, 0.1) is 0 Å². The van der Waals surface area contributed by atoms with Crippen LogP contribution in [0.1, 0.15) is 34.8 Å². The Morgan fingerprint density at radius 1 is 1.33 bits per heavy atom. The van der Waals surface area contributed by atoms with E-state index in [0.29, 0.717) is 16.6 Å². The standard InChI is InChI=1S/C15H20N4OS/c1-9(2)7-13-18-19-15(21-13)17-14(20)11-5-6-12(16-4)10(3)8-11/h5-6,8-9,16H,7H2,1-4H3,(H,17,19,20). The summed E-state index contributed by atoms with van der Waals surface area (Å²) in [5.41, 5.74) is 2.66. The van der Waals surface area contributed by atoms with Gasteiger partial charge in [-0.05, 0) is 36.6 Å². The molecule has 0 fully saturated rings. The summed E-state index contributed by atoms with van der Waals surface area (Å²) in [6, 6.07) is 5.55. The first kappa shape index (κ1) is 15.4. The van der Waals surface area contributed by atoms with Crippen molar-refractivity contribution < 1.29 is 4.79 Å². The summed E-state index contributed by atoms with van der Waals surface area (Å²) in [6.45, 7) is 6.23. The summed E-state index contributed by atoms with van der Waals surface area (Å²) in [5, 5.41) is 15.5. The van der Waals surface area contributed by atoms with E-state index in [-0.39, 0.29) is 5.91 Å². The van der Waals surface area contributed by atoms with Crippen LogP contribution >= 0.6 is 11.3 Å². The molecule has 0 saturated carbocycles. The number of amides is 1. The second-order valence-corrected chi connectivity index (χ2v) is 6.39.